The van der Waals surface area contributed by atoms with Crippen LogP contribution in [0, 0.1) is 0 Å². The van der Waals surface area contributed by atoms with Crippen LogP contribution in [0.15, 0.2) is 66.7 Å². The van der Waals surface area contributed by atoms with E-state index >= 15 is 0 Å². The summed E-state index contributed by atoms with van der Waals surface area (Å²) < 4.78 is 0. The molecular weight excluding hydrogens is 218 g/mol. The number of nitrogen functional groups attached to an aromatic ring is 1. The van der Waals surface area contributed by atoms with E-state index in [0.29, 0.717) is 0 Å². The molecule has 2 aromatic rings. The minimum absolute atomic E-state index is 0.798. The zero-order valence-corrected chi connectivity index (χ0v) is 10.5. The molecule has 0 saturated carbocycles. The van der Waals surface area contributed by atoms with E-state index in [1.807, 2.05) is 42.5 Å². The second-order valence-electron chi connectivity index (χ2n) is 4.24. The highest BCUT2D eigenvalue weighted by Gasteiger charge is 1.93. The predicted octanol–water partition coefficient (Wildman–Crippen LogP) is 4.39. The summed E-state index contributed by atoms with van der Waals surface area (Å²) in [7, 11) is 0. The van der Waals surface area contributed by atoms with Crippen LogP contribution in [0.25, 0.3) is 11.6 Å². The fraction of sp³-hybridized carbons (Fsp3) is 0.0588. The fourth-order valence-corrected chi connectivity index (χ4v) is 1.71. The summed E-state index contributed by atoms with van der Waals surface area (Å²) in [6.45, 7) is 2.10. The molecule has 0 spiro atoms. The third-order valence-corrected chi connectivity index (χ3v) is 2.80. The number of benzene rings is 2. The summed E-state index contributed by atoms with van der Waals surface area (Å²) in [5.74, 6) is 0. The number of hydrogen-bond donors (Lipinski definition) is 1. The highest BCUT2D eigenvalue weighted by Crippen LogP contribution is 2.15. The summed E-state index contributed by atoms with van der Waals surface area (Å²) in [5, 5.41) is 0. The van der Waals surface area contributed by atoms with Gasteiger partial charge in [0.1, 0.15) is 0 Å². The molecule has 0 heterocycles. The van der Waals surface area contributed by atoms with Gasteiger partial charge in [0.25, 0.3) is 0 Å². The Hall–Kier alpha value is -2.28. The van der Waals surface area contributed by atoms with Crippen LogP contribution in [0.1, 0.15) is 18.1 Å². The zero-order valence-electron chi connectivity index (χ0n) is 10.5. The molecule has 0 amide bonds. The van der Waals surface area contributed by atoms with E-state index < -0.39 is 0 Å². The van der Waals surface area contributed by atoms with Crippen molar-refractivity contribution < 1.29 is 0 Å². The Kier molecular flexibility index (Phi) is 3.98. The van der Waals surface area contributed by atoms with Gasteiger partial charge in [0.2, 0.25) is 0 Å². The molecule has 0 saturated heterocycles. The van der Waals surface area contributed by atoms with E-state index in [2.05, 4.69) is 37.3 Å². The topological polar surface area (TPSA) is 26.0 Å². The second kappa shape index (κ2) is 5.87. The van der Waals surface area contributed by atoms with Crippen LogP contribution in [0.4, 0.5) is 5.69 Å². The van der Waals surface area contributed by atoms with Gasteiger partial charge in [-0.25, -0.2) is 0 Å². The molecule has 0 atom stereocenters. The van der Waals surface area contributed by atoms with Gasteiger partial charge in [-0.3, -0.25) is 0 Å². The van der Waals surface area contributed by atoms with E-state index in [9.17, 15) is 0 Å². The highest BCUT2D eigenvalue weighted by atomic mass is 14.5. The number of nitrogens with two attached hydrogens (primary N) is 1. The summed E-state index contributed by atoms with van der Waals surface area (Å²) in [6.07, 6.45) is 6.28. The van der Waals surface area contributed by atoms with Crippen molar-refractivity contribution in [3.63, 3.8) is 0 Å². The number of allylic oxidation sites excluding steroid dienone is 3. The van der Waals surface area contributed by atoms with Crippen molar-refractivity contribution >= 4 is 17.3 Å². The summed E-state index contributed by atoms with van der Waals surface area (Å²) in [4.78, 5) is 0. The van der Waals surface area contributed by atoms with Crippen LogP contribution in [-0.4, -0.2) is 0 Å². The molecule has 0 bridgehead atoms. The van der Waals surface area contributed by atoms with E-state index in [1.54, 1.807) is 0 Å². The minimum Gasteiger partial charge on any atom is -0.399 e. The normalized spacial score (nSPS) is 11.9. The van der Waals surface area contributed by atoms with Crippen molar-refractivity contribution in [2.45, 2.75) is 6.92 Å². The Morgan fingerprint density at radius 1 is 0.944 bits per heavy atom. The van der Waals surface area contributed by atoms with E-state index in [1.165, 1.54) is 16.7 Å². The monoisotopic (exact) mass is 235 g/mol. The maximum absolute atomic E-state index is 5.67. The average Bonchev–Trinajstić information content (AvgIpc) is 2.40. The molecule has 1 heteroatoms. The molecule has 2 aromatic carbocycles. The molecule has 2 N–H and O–H groups in total. The minimum atomic E-state index is 0.798. The standard InChI is InChI=1S/C17H17N/c1-14(16-10-12-17(18)13-11-16)6-5-9-15-7-3-2-4-8-15/h2-13H,18H2,1H3/b9-5+,14-6+. The number of hydrogen-bond acceptors (Lipinski definition) is 1. The van der Waals surface area contributed by atoms with Gasteiger partial charge < -0.3 is 5.73 Å². The Morgan fingerprint density at radius 3 is 2.28 bits per heavy atom. The van der Waals surface area contributed by atoms with Crippen LogP contribution >= 0.6 is 0 Å². The van der Waals surface area contributed by atoms with Gasteiger partial charge in [-0.05, 0) is 35.8 Å². The number of rotatable bonds is 3. The van der Waals surface area contributed by atoms with Gasteiger partial charge in [-0.1, -0.05) is 60.7 Å². The average molecular weight is 235 g/mol. The second-order valence-corrected chi connectivity index (χ2v) is 4.24. The third-order valence-electron chi connectivity index (χ3n) is 2.80. The molecule has 1 nitrogen and oxygen atoms in total. The van der Waals surface area contributed by atoms with Crippen LogP contribution in [-0.2, 0) is 0 Å². The first kappa shape index (κ1) is 12.2. The Bertz CT molecular complexity index is 548. The summed E-state index contributed by atoms with van der Waals surface area (Å²) in [5.41, 5.74) is 10.1. The number of anilines is 1. The smallest absolute Gasteiger partial charge is 0.0314 e. The first-order valence-electron chi connectivity index (χ1n) is 6.01. The molecule has 0 aliphatic heterocycles. The largest absolute Gasteiger partial charge is 0.399 e. The summed E-state index contributed by atoms with van der Waals surface area (Å²) in [6, 6.07) is 18.2. The maximum atomic E-state index is 5.67. The molecule has 0 aromatic heterocycles. The lowest BCUT2D eigenvalue weighted by molar-refractivity contribution is 1.56. The van der Waals surface area contributed by atoms with Crippen molar-refractivity contribution in [3.8, 4) is 0 Å². The molecule has 0 fully saturated rings. The molecule has 18 heavy (non-hydrogen) atoms. The molecule has 90 valence electrons. The summed E-state index contributed by atoms with van der Waals surface area (Å²) >= 11 is 0. The van der Waals surface area contributed by atoms with Gasteiger partial charge in [-0.2, -0.15) is 0 Å². The lowest BCUT2D eigenvalue weighted by Gasteiger charge is -2.00. The third kappa shape index (κ3) is 3.36. The van der Waals surface area contributed by atoms with Crippen LogP contribution < -0.4 is 5.73 Å². The Balaban J connectivity index is 2.10. The van der Waals surface area contributed by atoms with Crippen LogP contribution in [0.3, 0.4) is 0 Å². The molecule has 2 rings (SSSR count). The van der Waals surface area contributed by atoms with Gasteiger partial charge in [0.05, 0.1) is 0 Å². The highest BCUT2D eigenvalue weighted by molar-refractivity contribution is 5.68. The SMILES string of the molecule is C/C(=C\C=C\c1ccccc1)c1ccc(N)cc1. The van der Waals surface area contributed by atoms with Crippen LogP contribution in [0.2, 0.25) is 0 Å². The van der Waals surface area contributed by atoms with Crippen molar-refractivity contribution in [2.24, 2.45) is 0 Å². The molecule has 0 aliphatic carbocycles. The molecule has 0 aliphatic rings. The fourth-order valence-electron chi connectivity index (χ4n) is 1.71. The van der Waals surface area contributed by atoms with Crippen LogP contribution in [0.5, 0.6) is 0 Å². The molecule has 0 radical (unpaired) electrons. The van der Waals surface area contributed by atoms with E-state index in [4.69, 9.17) is 5.73 Å². The molecular formula is C17H17N. The van der Waals surface area contributed by atoms with Gasteiger partial charge in [0, 0.05) is 5.69 Å². The van der Waals surface area contributed by atoms with Gasteiger partial charge in [0.15, 0.2) is 0 Å². The Labute approximate surface area is 108 Å². The Morgan fingerprint density at radius 2 is 1.61 bits per heavy atom. The van der Waals surface area contributed by atoms with Gasteiger partial charge >= 0.3 is 0 Å². The van der Waals surface area contributed by atoms with Gasteiger partial charge in [-0.15, -0.1) is 0 Å². The van der Waals surface area contributed by atoms with Crippen molar-refractivity contribution in [1.29, 1.82) is 0 Å². The maximum Gasteiger partial charge on any atom is 0.0314 e. The predicted molar refractivity (Wildman–Crippen MR) is 80.0 cm³/mol. The van der Waals surface area contributed by atoms with E-state index in [-0.39, 0.29) is 0 Å². The first-order chi connectivity index (χ1) is 8.75. The lowest BCUT2D eigenvalue weighted by atomic mass is 10.1. The van der Waals surface area contributed by atoms with Crippen molar-refractivity contribution in [3.05, 3.63) is 77.9 Å². The van der Waals surface area contributed by atoms with E-state index in [0.717, 1.165) is 5.69 Å². The molecule has 0 unspecified atom stereocenters. The van der Waals surface area contributed by atoms with Crippen molar-refractivity contribution in [1.82, 2.24) is 0 Å². The lowest BCUT2D eigenvalue weighted by Crippen LogP contribution is -1.84. The quantitative estimate of drug-likeness (QED) is 0.620. The zero-order chi connectivity index (χ0) is 12.8. The first-order valence-corrected chi connectivity index (χ1v) is 6.01. The van der Waals surface area contributed by atoms with Crippen molar-refractivity contribution in [2.75, 3.05) is 5.73 Å².